The standard InChI is InChI=1S/C12H14N2O3/c1-7(12(16)17)14-10-4-3-9(13-2)5-8(10)6-11(14)15/h3-5,7,13H,6H2,1-2H3,(H,16,17). The second kappa shape index (κ2) is 4.08. The summed E-state index contributed by atoms with van der Waals surface area (Å²) in [5.74, 6) is -1.16. The Bertz CT molecular complexity index is 485. The van der Waals surface area contributed by atoms with Gasteiger partial charge in [-0.1, -0.05) is 0 Å². The molecule has 0 aromatic heterocycles. The maximum absolute atomic E-state index is 11.8. The van der Waals surface area contributed by atoms with Crippen LogP contribution in [0.4, 0.5) is 11.4 Å². The van der Waals surface area contributed by atoms with E-state index in [1.807, 2.05) is 12.1 Å². The molecule has 0 radical (unpaired) electrons. The van der Waals surface area contributed by atoms with Crippen molar-refractivity contribution in [2.75, 3.05) is 17.3 Å². The highest BCUT2D eigenvalue weighted by atomic mass is 16.4. The number of carbonyl (C=O) groups excluding carboxylic acids is 1. The minimum absolute atomic E-state index is 0.164. The predicted octanol–water partition coefficient (Wildman–Crippen LogP) is 1.09. The highest BCUT2D eigenvalue weighted by Crippen LogP contribution is 2.32. The number of nitrogens with zero attached hydrogens (tertiary/aromatic N) is 1. The van der Waals surface area contributed by atoms with E-state index < -0.39 is 12.0 Å². The number of amides is 1. The van der Waals surface area contributed by atoms with Crippen LogP contribution in [0.3, 0.4) is 0 Å². The van der Waals surface area contributed by atoms with Gasteiger partial charge in [-0.2, -0.15) is 0 Å². The van der Waals surface area contributed by atoms with Crippen molar-refractivity contribution in [3.63, 3.8) is 0 Å². The minimum atomic E-state index is -0.996. The van der Waals surface area contributed by atoms with Crippen molar-refractivity contribution in [1.29, 1.82) is 0 Å². The zero-order valence-electron chi connectivity index (χ0n) is 9.73. The molecular weight excluding hydrogens is 220 g/mol. The summed E-state index contributed by atoms with van der Waals surface area (Å²) in [6.45, 7) is 1.52. The third kappa shape index (κ3) is 1.84. The summed E-state index contributed by atoms with van der Waals surface area (Å²) in [6.07, 6.45) is 0.266. The topological polar surface area (TPSA) is 69.6 Å². The van der Waals surface area contributed by atoms with E-state index in [0.29, 0.717) is 5.69 Å². The van der Waals surface area contributed by atoms with Gasteiger partial charge in [0.05, 0.1) is 6.42 Å². The zero-order valence-corrected chi connectivity index (χ0v) is 9.73. The molecule has 5 nitrogen and oxygen atoms in total. The lowest BCUT2D eigenvalue weighted by Gasteiger charge is -2.21. The zero-order chi connectivity index (χ0) is 12.6. The summed E-state index contributed by atoms with van der Waals surface area (Å²) in [5, 5.41) is 12.0. The number of hydrogen-bond donors (Lipinski definition) is 2. The number of fused-ring (bicyclic) bond motifs is 1. The number of hydrogen-bond acceptors (Lipinski definition) is 3. The van der Waals surface area contributed by atoms with Gasteiger partial charge in [-0.25, -0.2) is 4.79 Å². The van der Waals surface area contributed by atoms with Crippen LogP contribution in [0.25, 0.3) is 0 Å². The summed E-state index contributed by atoms with van der Waals surface area (Å²) in [6, 6.07) is 4.66. The first-order chi connectivity index (χ1) is 8.04. The molecule has 5 heteroatoms. The molecule has 1 aliphatic rings. The molecule has 90 valence electrons. The highest BCUT2D eigenvalue weighted by molar-refractivity contribution is 6.05. The van der Waals surface area contributed by atoms with E-state index in [0.717, 1.165) is 11.3 Å². The molecule has 17 heavy (non-hydrogen) atoms. The molecular formula is C12H14N2O3. The van der Waals surface area contributed by atoms with Gasteiger partial charge in [-0.15, -0.1) is 0 Å². The molecule has 1 amide bonds. The molecule has 1 atom stereocenters. The van der Waals surface area contributed by atoms with Gasteiger partial charge >= 0.3 is 5.97 Å². The fraction of sp³-hybridized carbons (Fsp3) is 0.333. The second-order valence-corrected chi connectivity index (χ2v) is 4.05. The van der Waals surface area contributed by atoms with Gasteiger partial charge in [0.2, 0.25) is 5.91 Å². The van der Waals surface area contributed by atoms with E-state index in [2.05, 4.69) is 5.32 Å². The summed E-state index contributed by atoms with van der Waals surface area (Å²) < 4.78 is 0. The summed E-state index contributed by atoms with van der Waals surface area (Å²) >= 11 is 0. The van der Waals surface area contributed by atoms with E-state index in [-0.39, 0.29) is 12.3 Å². The number of carboxylic acid groups (broad SMARTS) is 1. The Morgan fingerprint density at radius 2 is 2.24 bits per heavy atom. The molecule has 2 N–H and O–H groups in total. The maximum Gasteiger partial charge on any atom is 0.326 e. The number of carboxylic acids is 1. The third-order valence-electron chi connectivity index (χ3n) is 2.98. The predicted molar refractivity (Wildman–Crippen MR) is 64.3 cm³/mol. The number of nitrogens with one attached hydrogen (secondary N) is 1. The molecule has 1 heterocycles. The normalized spacial score (nSPS) is 15.6. The summed E-state index contributed by atoms with van der Waals surface area (Å²) in [7, 11) is 1.80. The van der Waals surface area contributed by atoms with E-state index in [4.69, 9.17) is 5.11 Å². The van der Waals surface area contributed by atoms with Crippen LogP contribution in [-0.4, -0.2) is 30.1 Å². The lowest BCUT2D eigenvalue weighted by Crippen LogP contribution is -2.41. The van der Waals surface area contributed by atoms with Crippen molar-refractivity contribution in [3.8, 4) is 0 Å². The van der Waals surface area contributed by atoms with Crippen LogP contribution in [0.1, 0.15) is 12.5 Å². The Kier molecular flexibility index (Phi) is 2.75. The summed E-state index contributed by atoms with van der Waals surface area (Å²) in [4.78, 5) is 24.1. The number of carbonyl (C=O) groups is 2. The van der Waals surface area contributed by atoms with Crippen LogP contribution in [0.15, 0.2) is 18.2 Å². The third-order valence-corrected chi connectivity index (χ3v) is 2.98. The lowest BCUT2D eigenvalue weighted by atomic mass is 10.1. The maximum atomic E-state index is 11.8. The Morgan fingerprint density at radius 1 is 1.53 bits per heavy atom. The van der Waals surface area contributed by atoms with Gasteiger partial charge in [-0.05, 0) is 30.7 Å². The molecule has 0 aliphatic carbocycles. The van der Waals surface area contributed by atoms with Gasteiger partial charge in [0.15, 0.2) is 0 Å². The number of anilines is 2. The van der Waals surface area contributed by atoms with Crippen LogP contribution >= 0.6 is 0 Å². The van der Waals surface area contributed by atoms with Crippen molar-refractivity contribution in [2.24, 2.45) is 0 Å². The van der Waals surface area contributed by atoms with Crippen LogP contribution in [0.2, 0.25) is 0 Å². The van der Waals surface area contributed by atoms with E-state index >= 15 is 0 Å². The molecule has 0 bridgehead atoms. The quantitative estimate of drug-likeness (QED) is 0.821. The van der Waals surface area contributed by atoms with Crippen LogP contribution < -0.4 is 10.2 Å². The van der Waals surface area contributed by atoms with Gasteiger partial charge in [0.25, 0.3) is 0 Å². The number of rotatable bonds is 3. The Morgan fingerprint density at radius 3 is 2.82 bits per heavy atom. The van der Waals surface area contributed by atoms with E-state index in [9.17, 15) is 9.59 Å². The Hall–Kier alpha value is -2.04. The molecule has 2 rings (SSSR count). The fourth-order valence-electron chi connectivity index (χ4n) is 2.04. The van der Waals surface area contributed by atoms with E-state index in [1.165, 1.54) is 11.8 Å². The fourth-order valence-corrected chi connectivity index (χ4v) is 2.04. The van der Waals surface area contributed by atoms with Gasteiger partial charge in [-0.3, -0.25) is 9.69 Å². The lowest BCUT2D eigenvalue weighted by molar-refractivity contribution is -0.139. The van der Waals surface area contributed by atoms with Crippen molar-refractivity contribution in [1.82, 2.24) is 0 Å². The second-order valence-electron chi connectivity index (χ2n) is 4.05. The minimum Gasteiger partial charge on any atom is -0.480 e. The van der Waals surface area contributed by atoms with Crippen molar-refractivity contribution < 1.29 is 14.7 Å². The molecule has 1 aromatic rings. The van der Waals surface area contributed by atoms with Crippen LogP contribution in [0.5, 0.6) is 0 Å². The SMILES string of the molecule is CNc1ccc2c(c1)CC(=O)N2C(C)C(=O)O. The van der Waals surface area contributed by atoms with Crippen molar-refractivity contribution >= 4 is 23.3 Å². The van der Waals surface area contributed by atoms with Crippen molar-refractivity contribution in [3.05, 3.63) is 23.8 Å². The Labute approximate surface area is 99.0 Å². The molecule has 1 unspecified atom stereocenters. The first-order valence-electron chi connectivity index (χ1n) is 5.40. The first kappa shape index (κ1) is 11.4. The Balaban J connectivity index is 2.41. The molecule has 0 fully saturated rings. The van der Waals surface area contributed by atoms with Gasteiger partial charge in [0.1, 0.15) is 6.04 Å². The van der Waals surface area contributed by atoms with Crippen molar-refractivity contribution in [2.45, 2.75) is 19.4 Å². The van der Waals surface area contributed by atoms with E-state index in [1.54, 1.807) is 13.1 Å². The first-order valence-corrected chi connectivity index (χ1v) is 5.40. The van der Waals surface area contributed by atoms with Gasteiger partial charge < -0.3 is 10.4 Å². The highest BCUT2D eigenvalue weighted by Gasteiger charge is 2.34. The summed E-state index contributed by atoms with van der Waals surface area (Å²) in [5.41, 5.74) is 2.49. The average molecular weight is 234 g/mol. The molecule has 1 aliphatic heterocycles. The monoisotopic (exact) mass is 234 g/mol. The van der Waals surface area contributed by atoms with Gasteiger partial charge in [0, 0.05) is 18.4 Å². The molecule has 0 saturated heterocycles. The molecule has 0 saturated carbocycles. The van der Waals surface area contributed by atoms with Crippen LogP contribution in [-0.2, 0) is 16.0 Å². The molecule has 1 aromatic carbocycles. The average Bonchev–Trinajstić information content (AvgIpc) is 2.62. The largest absolute Gasteiger partial charge is 0.480 e. The number of benzene rings is 1. The molecule has 0 spiro atoms. The smallest absolute Gasteiger partial charge is 0.326 e. The number of aliphatic carboxylic acids is 1. The van der Waals surface area contributed by atoms with Crippen LogP contribution in [0, 0.1) is 0 Å².